The van der Waals surface area contributed by atoms with Gasteiger partial charge in [0.05, 0.1) is 17.3 Å². The molecule has 0 bridgehead atoms. The Morgan fingerprint density at radius 2 is 2.10 bits per heavy atom. The number of halogens is 2. The number of aryl methyl sites for hydroxylation is 1. The summed E-state index contributed by atoms with van der Waals surface area (Å²) in [6, 6.07) is 8.04. The van der Waals surface area contributed by atoms with E-state index in [9.17, 15) is 9.50 Å². The molecule has 1 aliphatic heterocycles. The van der Waals surface area contributed by atoms with Crippen LogP contribution in [0.25, 0.3) is 11.4 Å². The molecule has 1 aromatic carbocycles. The highest BCUT2D eigenvalue weighted by Gasteiger charge is 2.17. The molecule has 0 saturated carbocycles. The van der Waals surface area contributed by atoms with E-state index in [1.54, 1.807) is 16.9 Å². The van der Waals surface area contributed by atoms with Gasteiger partial charge in [-0.3, -0.25) is 10.3 Å². The molecular formula is C21H25ClFN7O. The molecule has 2 aromatic heterocycles. The van der Waals surface area contributed by atoms with E-state index >= 15 is 0 Å². The Balaban J connectivity index is 1.44. The summed E-state index contributed by atoms with van der Waals surface area (Å²) in [6.07, 6.45) is 1.19. The maximum absolute atomic E-state index is 13.3. The van der Waals surface area contributed by atoms with Crippen LogP contribution in [0.1, 0.15) is 36.0 Å². The summed E-state index contributed by atoms with van der Waals surface area (Å²) < 4.78 is 13.3. The van der Waals surface area contributed by atoms with Gasteiger partial charge in [0.15, 0.2) is 0 Å². The minimum absolute atomic E-state index is 0.0448. The molecule has 0 radical (unpaired) electrons. The van der Waals surface area contributed by atoms with Gasteiger partial charge < -0.3 is 10.4 Å². The fraction of sp³-hybridized carbons (Fsp3) is 0.429. The van der Waals surface area contributed by atoms with Gasteiger partial charge in [-0.05, 0) is 73.8 Å². The molecule has 164 valence electrons. The molecule has 31 heavy (non-hydrogen) atoms. The number of rotatable bonds is 7. The molecule has 3 heterocycles. The first-order valence-corrected chi connectivity index (χ1v) is 10.7. The summed E-state index contributed by atoms with van der Waals surface area (Å²) in [5.41, 5.74) is 2.66. The highest BCUT2D eigenvalue weighted by atomic mass is 35.5. The Hall–Kier alpha value is -2.46. The first-order valence-electron chi connectivity index (χ1n) is 10.3. The number of hydrogen-bond acceptors (Lipinski definition) is 7. The van der Waals surface area contributed by atoms with E-state index in [0.717, 1.165) is 49.3 Å². The molecule has 1 unspecified atom stereocenters. The maximum atomic E-state index is 13.3. The SMILES string of the molecule is Cc1cc(-c2nnn(CC3CCNCC3)n2)cc(C(O)NCc2ccc(F)c(Cl)c2)n1. The van der Waals surface area contributed by atoms with Gasteiger partial charge in [0, 0.05) is 17.8 Å². The number of tetrazole rings is 1. The zero-order chi connectivity index (χ0) is 21.8. The van der Waals surface area contributed by atoms with Crippen LogP contribution in [0.2, 0.25) is 5.02 Å². The summed E-state index contributed by atoms with van der Waals surface area (Å²) in [7, 11) is 0. The van der Waals surface area contributed by atoms with Gasteiger partial charge >= 0.3 is 0 Å². The quantitative estimate of drug-likeness (QED) is 0.480. The second-order valence-corrected chi connectivity index (χ2v) is 8.22. The number of aliphatic hydroxyl groups excluding tert-OH is 1. The third kappa shape index (κ3) is 5.62. The monoisotopic (exact) mass is 445 g/mol. The highest BCUT2D eigenvalue weighted by molar-refractivity contribution is 6.30. The van der Waals surface area contributed by atoms with E-state index in [1.165, 1.54) is 12.1 Å². The van der Waals surface area contributed by atoms with Crippen LogP contribution in [0.4, 0.5) is 4.39 Å². The Bertz CT molecular complexity index is 1040. The van der Waals surface area contributed by atoms with Gasteiger partial charge in [-0.2, -0.15) is 4.80 Å². The number of hydrogen-bond donors (Lipinski definition) is 3. The second-order valence-electron chi connectivity index (χ2n) is 7.82. The lowest BCUT2D eigenvalue weighted by Gasteiger charge is -2.21. The van der Waals surface area contributed by atoms with Gasteiger partial charge in [0.1, 0.15) is 12.0 Å². The van der Waals surface area contributed by atoms with Gasteiger partial charge in [-0.25, -0.2) is 4.39 Å². The van der Waals surface area contributed by atoms with E-state index in [2.05, 4.69) is 31.0 Å². The Morgan fingerprint density at radius 3 is 2.87 bits per heavy atom. The van der Waals surface area contributed by atoms with Crippen molar-refractivity contribution in [2.45, 2.75) is 39.1 Å². The Labute approximate surface area is 184 Å². The Morgan fingerprint density at radius 1 is 1.29 bits per heavy atom. The molecular weight excluding hydrogens is 421 g/mol. The zero-order valence-corrected chi connectivity index (χ0v) is 18.0. The molecule has 8 nitrogen and oxygen atoms in total. The summed E-state index contributed by atoms with van der Waals surface area (Å²) in [6.45, 7) is 4.94. The molecule has 3 N–H and O–H groups in total. The number of aromatic nitrogens is 5. The fourth-order valence-electron chi connectivity index (χ4n) is 3.66. The molecule has 1 saturated heterocycles. The van der Waals surface area contributed by atoms with Crippen LogP contribution >= 0.6 is 11.6 Å². The standard InChI is InChI=1S/C21H25ClFN7O/c1-13-8-16(20-27-29-30(28-20)12-14-4-6-24-7-5-14)10-19(26-13)21(31)25-11-15-2-3-18(23)17(22)9-15/h2-3,8-10,14,21,24-25,31H,4-7,11-12H2,1H3. The van der Waals surface area contributed by atoms with E-state index in [-0.39, 0.29) is 5.02 Å². The third-order valence-electron chi connectivity index (χ3n) is 5.33. The van der Waals surface area contributed by atoms with Crippen LogP contribution in [0, 0.1) is 18.7 Å². The molecule has 1 fully saturated rings. The van der Waals surface area contributed by atoms with E-state index < -0.39 is 12.0 Å². The van der Waals surface area contributed by atoms with Crippen molar-refractivity contribution in [3.8, 4) is 11.4 Å². The summed E-state index contributed by atoms with van der Waals surface area (Å²) in [5, 5.41) is 29.9. The van der Waals surface area contributed by atoms with Gasteiger partial charge in [-0.15, -0.1) is 10.2 Å². The summed E-state index contributed by atoms with van der Waals surface area (Å²) in [5.74, 6) is 0.568. The van der Waals surface area contributed by atoms with Crippen molar-refractivity contribution in [3.05, 3.63) is 58.1 Å². The van der Waals surface area contributed by atoms with Crippen LogP contribution in [0.3, 0.4) is 0 Å². The minimum Gasteiger partial charge on any atom is -0.373 e. The van der Waals surface area contributed by atoms with Crippen molar-refractivity contribution in [1.82, 2.24) is 35.8 Å². The topological polar surface area (TPSA) is 101 Å². The van der Waals surface area contributed by atoms with Crippen LogP contribution in [-0.2, 0) is 13.1 Å². The molecule has 1 aliphatic rings. The lowest BCUT2D eigenvalue weighted by Crippen LogP contribution is -2.30. The molecule has 1 atom stereocenters. The average molecular weight is 446 g/mol. The number of piperidine rings is 1. The smallest absolute Gasteiger partial charge is 0.205 e. The molecule has 3 aromatic rings. The molecule has 10 heteroatoms. The highest BCUT2D eigenvalue weighted by Crippen LogP contribution is 2.21. The molecule has 4 rings (SSSR count). The number of pyridine rings is 1. The average Bonchev–Trinajstić information content (AvgIpc) is 3.23. The summed E-state index contributed by atoms with van der Waals surface area (Å²) in [4.78, 5) is 6.06. The van der Waals surface area contributed by atoms with Crippen molar-refractivity contribution < 1.29 is 9.50 Å². The van der Waals surface area contributed by atoms with Crippen molar-refractivity contribution in [2.24, 2.45) is 5.92 Å². The van der Waals surface area contributed by atoms with Crippen molar-refractivity contribution in [3.63, 3.8) is 0 Å². The Kier molecular flexibility index (Phi) is 6.86. The molecule has 0 spiro atoms. The first kappa shape index (κ1) is 21.8. The number of benzene rings is 1. The second kappa shape index (κ2) is 9.78. The van der Waals surface area contributed by atoms with Crippen molar-refractivity contribution in [2.75, 3.05) is 13.1 Å². The van der Waals surface area contributed by atoms with Crippen LogP contribution < -0.4 is 10.6 Å². The van der Waals surface area contributed by atoms with Crippen LogP contribution in [0.15, 0.2) is 30.3 Å². The van der Waals surface area contributed by atoms with Crippen LogP contribution in [-0.4, -0.2) is 43.4 Å². The normalized spacial score (nSPS) is 15.9. The number of nitrogens with zero attached hydrogens (tertiary/aromatic N) is 5. The summed E-state index contributed by atoms with van der Waals surface area (Å²) >= 11 is 5.82. The van der Waals surface area contributed by atoms with Gasteiger partial charge in [0.25, 0.3) is 0 Å². The number of aliphatic hydroxyl groups is 1. The van der Waals surface area contributed by atoms with Gasteiger partial charge in [-0.1, -0.05) is 17.7 Å². The van der Waals surface area contributed by atoms with Crippen molar-refractivity contribution in [1.29, 1.82) is 0 Å². The predicted octanol–water partition coefficient (Wildman–Crippen LogP) is 2.62. The minimum atomic E-state index is -1.02. The first-order chi connectivity index (χ1) is 15.0. The number of nitrogens with one attached hydrogen (secondary N) is 2. The van der Waals surface area contributed by atoms with Crippen molar-refractivity contribution >= 4 is 11.6 Å². The predicted molar refractivity (Wildman–Crippen MR) is 115 cm³/mol. The fourth-order valence-corrected chi connectivity index (χ4v) is 3.87. The molecule has 0 amide bonds. The van der Waals surface area contributed by atoms with Crippen LogP contribution in [0.5, 0.6) is 0 Å². The molecule has 0 aliphatic carbocycles. The lowest BCUT2D eigenvalue weighted by molar-refractivity contribution is 0.132. The third-order valence-corrected chi connectivity index (χ3v) is 5.62. The van der Waals surface area contributed by atoms with Gasteiger partial charge in [0.2, 0.25) is 5.82 Å². The van der Waals surface area contributed by atoms with E-state index in [0.29, 0.717) is 24.0 Å². The maximum Gasteiger partial charge on any atom is 0.205 e. The zero-order valence-electron chi connectivity index (χ0n) is 17.2. The van der Waals surface area contributed by atoms with E-state index in [4.69, 9.17) is 11.6 Å². The van der Waals surface area contributed by atoms with E-state index in [1.807, 2.05) is 13.0 Å². The lowest BCUT2D eigenvalue weighted by atomic mass is 9.99. The largest absolute Gasteiger partial charge is 0.373 e.